The number of amides is 1. The number of piperidine rings is 1. The summed E-state index contributed by atoms with van der Waals surface area (Å²) in [5.74, 6) is 1.50. The number of hydrogen-bond acceptors (Lipinski definition) is 4. The highest BCUT2D eigenvalue weighted by molar-refractivity contribution is 5.95. The van der Waals surface area contributed by atoms with E-state index in [9.17, 15) is 4.79 Å². The maximum atomic E-state index is 12.8. The van der Waals surface area contributed by atoms with Crippen LogP contribution in [0.2, 0.25) is 0 Å². The van der Waals surface area contributed by atoms with Crippen molar-refractivity contribution in [1.29, 1.82) is 0 Å². The van der Waals surface area contributed by atoms with Crippen molar-refractivity contribution >= 4 is 16.8 Å². The number of pyridine rings is 1. The number of rotatable bonds is 4. The summed E-state index contributed by atoms with van der Waals surface area (Å²) in [6.45, 7) is 10.4. The standard InChI is InChI=1S/C23H31N3O2/c1-16(2)25-12-10-20(15-25)28-19-7-9-21-18(13-19)6-8-22(24-21)23(27)26-11-4-5-17(3)14-26/h6-9,13,16-17,20H,4-5,10-12,14-15H2,1-3H3. The van der Waals surface area contributed by atoms with Crippen LogP contribution in [0.3, 0.4) is 0 Å². The monoisotopic (exact) mass is 381 g/mol. The lowest BCUT2D eigenvalue weighted by Gasteiger charge is -2.30. The number of aromatic nitrogens is 1. The van der Waals surface area contributed by atoms with Crippen molar-refractivity contribution in [3.8, 4) is 5.75 Å². The molecule has 2 fully saturated rings. The average molecular weight is 382 g/mol. The van der Waals surface area contributed by atoms with E-state index in [1.165, 1.54) is 6.42 Å². The highest BCUT2D eigenvalue weighted by Crippen LogP contribution is 2.25. The van der Waals surface area contributed by atoms with Gasteiger partial charge < -0.3 is 9.64 Å². The number of carbonyl (C=O) groups excluding carboxylic acids is 1. The zero-order valence-corrected chi connectivity index (χ0v) is 17.2. The second-order valence-electron chi connectivity index (χ2n) is 8.67. The molecule has 2 aromatic rings. The van der Waals surface area contributed by atoms with Gasteiger partial charge in [0.1, 0.15) is 17.5 Å². The summed E-state index contributed by atoms with van der Waals surface area (Å²) in [6.07, 6.45) is 3.59. The molecule has 5 nitrogen and oxygen atoms in total. The number of likely N-dealkylation sites (tertiary alicyclic amines) is 2. The molecular formula is C23H31N3O2. The Kier molecular flexibility index (Phi) is 5.54. The molecule has 0 aliphatic carbocycles. The molecule has 28 heavy (non-hydrogen) atoms. The van der Waals surface area contributed by atoms with E-state index in [-0.39, 0.29) is 12.0 Å². The second kappa shape index (κ2) is 8.08. The molecule has 2 atom stereocenters. The lowest BCUT2D eigenvalue weighted by atomic mass is 10.00. The van der Waals surface area contributed by atoms with E-state index in [1.54, 1.807) is 0 Å². The molecule has 0 bridgehead atoms. The lowest BCUT2D eigenvalue weighted by molar-refractivity contribution is 0.0677. The fourth-order valence-corrected chi connectivity index (χ4v) is 4.34. The fourth-order valence-electron chi connectivity index (χ4n) is 4.34. The molecule has 3 heterocycles. The summed E-state index contributed by atoms with van der Waals surface area (Å²) in [5, 5.41) is 1.01. The normalized spacial score (nSPS) is 23.5. The van der Waals surface area contributed by atoms with E-state index < -0.39 is 0 Å². The smallest absolute Gasteiger partial charge is 0.272 e. The summed E-state index contributed by atoms with van der Waals surface area (Å²) in [7, 11) is 0. The Morgan fingerprint density at radius 3 is 2.75 bits per heavy atom. The Hall–Kier alpha value is -2.14. The van der Waals surface area contributed by atoms with Gasteiger partial charge in [-0.1, -0.05) is 13.0 Å². The third-order valence-electron chi connectivity index (χ3n) is 6.03. The molecule has 0 radical (unpaired) electrons. The highest BCUT2D eigenvalue weighted by Gasteiger charge is 2.26. The lowest BCUT2D eigenvalue weighted by Crippen LogP contribution is -2.39. The second-order valence-corrected chi connectivity index (χ2v) is 8.67. The van der Waals surface area contributed by atoms with Crippen molar-refractivity contribution in [2.45, 2.75) is 52.2 Å². The van der Waals surface area contributed by atoms with Gasteiger partial charge in [-0.25, -0.2) is 4.98 Å². The highest BCUT2D eigenvalue weighted by atomic mass is 16.5. The first-order valence-corrected chi connectivity index (χ1v) is 10.6. The number of nitrogens with zero attached hydrogens (tertiary/aromatic N) is 3. The van der Waals surface area contributed by atoms with Crippen molar-refractivity contribution in [3.05, 3.63) is 36.0 Å². The van der Waals surface area contributed by atoms with Crippen LogP contribution < -0.4 is 4.74 Å². The van der Waals surface area contributed by atoms with Crippen LogP contribution >= 0.6 is 0 Å². The molecule has 2 aliphatic heterocycles. The van der Waals surface area contributed by atoms with E-state index in [2.05, 4.69) is 30.7 Å². The molecule has 4 rings (SSSR count). The fraction of sp³-hybridized carbons (Fsp3) is 0.565. The Balaban J connectivity index is 1.46. The maximum Gasteiger partial charge on any atom is 0.272 e. The van der Waals surface area contributed by atoms with E-state index in [4.69, 9.17) is 4.74 Å². The SMILES string of the molecule is CC1CCCN(C(=O)c2ccc3cc(OC4CCN(C(C)C)C4)ccc3n2)C1. The molecular weight excluding hydrogens is 350 g/mol. The van der Waals surface area contributed by atoms with Crippen molar-refractivity contribution in [3.63, 3.8) is 0 Å². The first-order valence-electron chi connectivity index (χ1n) is 10.6. The van der Waals surface area contributed by atoms with Gasteiger partial charge in [-0.05, 0) is 63.3 Å². The topological polar surface area (TPSA) is 45.7 Å². The number of fused-ring (bicyclic) bond motifs is 1. The van der Waals surface area contributed by atoms with Crippen LogP contribution in [0.1, 0.15) is 50.5 Å². The van der Waals surface area contributed by atoms with Gasteiger partial charge in [0.05, 0.1) is 5.52 Å². The molecule has 1 amide bonds. The quantitative estimate of drug-likeness (QED) is 0.804. The minimum atomic E-state index is 0.0495. The van der Waals surface area contributed by atoms with Crippen LogP contribution in [0.5, 0.6) is 5.75 Å². The van der Waals surface area contributed by atoms with Gasteiger partial charge in [0.25, 0.3) is 5.91 Å². The van der Waals surface area contributed by atoms with Gasteiger partial charge in [-0.2, -0.15) is 0 Å². The van der Waals surface area contributed by atoms with E-state index >= 15 is 0 Å². The Morgan fingerprint density at radius 2 is 2.00 bits per heavy atom. The molecule has 1 aromatic heterocycles. The minimum absolute atomic E-state index is 0.0495. The summed E-state index contributed by atoms with van der Waals surface area (Å²) in [5.41, 5.74) is 1.39. The Morgan fingerprint density at radius 1 is 1.14 bits per heavy atom. The average Bonchev–Trinajstić information content (AvgIpc) is 3.16. The largest absolute Gasteiger partial charge is 0.489 e. The van der Waals surface area contributed by atoms with Crippen LogP contribution in [0.4, 0.5) is 0 Å². The number of ether oxygens (including phenoxy) is 1. The summed E-state index contributed by atoms with van der Waals surface area (Å²) in [4.78, 5) is 21.8. The number of hydrogen-bond donors (Lipinski definition) is 0. The van der Waals surface area contributed by atoms with Crippen molar-refractivity contribution < 1.29 is 9.53 Å². The van der Waals surface area contributed by atoms with E-state index in [0.717, 1.165) is 55.7 Å². The van der Waals surface area contributed by atoms with E-state index in [1.807, 2.05) is 35.2 Å². The zero-order valence-electron chi connectivity index (χ0n) is 17.2. The maximum absolute atomic E-state index is 12.8. The summed E-state index contributed by atoms with van der Waals surface area (Å²) in [6, 6.07) is 10.4. The predicted molar refractivity (Wildman–Crippen MR) is 112 cm³/mol. The van der Waals surface area contributed by atoms with Gasteiger partial charge in [-0.3, -0.25) is 9.69 Å². The van der Waals surface area contributed by atoms with Gasteiger partial charge in [0.2, 0.25) is 0 Å². The Bertz CT molecular complexity index is 851. The minimum Gasteiger partial charge on any atom is -0.489 e. The third-order valence-corrected chi connectivity index (χ3v) is 6.03. The van der Waals surface area contributed by atoms with Crippen LogP contribution in [0.15, 0.2) is 30.3 Å². The molecule has 5 heteroatoms. The first kappa shape index (κ1) is 19.2. The molecule has 2 aliphatic rings. The van der Waals surface area contributed by atoms with E-state index in [0.29, 0.717) is 17.7 Å². The number of carbonyl (C=O) groups is 1. The summed E-state index contributed by atoms with van der Waals surface area (Å²) < 4.78 is 6.20. The van der Waals surface area contributed by atoms with Gasteiger partial charge >= 0.3 is 0 Å². The van der Waals surface area contributed by atoms with Gasteiger partial charge in [-0.15, -0.1) is 0 Å². The zero-order chi connectivity index (χ0) is 19.7. The van der Waals surface area contributed by atoms with Crippen LogP contribution in [0, 0.1) is 5.92 Å². The predicted octanol–water partition coefficient (Wildman–Crippen LogP) is 3.97. The molecule has 150 valence electrons. The molecule has 2 unspecified atom stereocenters. The Labute approximate surface area is 167 Å². The molecule has 0 saturated carbocycles. The van der Waals surface area contributed by atoms with Crippen molar-refractivity contribution in [2.75, 3.05) is 26.2 Å². The molecule has 0 N–H and O–H groups in total. The van der Waals surface area contributed by atoms with Gasteiger partial charge in [0.15, 0.2) is 0 Å². The molecule has 1 aromatic carbocycles. The number of benzene rings is 1. The van der Waals surface area contributed by atoms with Gasteiger partial charge in [0, 0.05) is 37.6 Å². The van der Waals surface area contributed by atoms with Crippen LogP contribution in [-0.2, 0) is 0 Å². The van der Waals surface area contributed by atoms with Crippen LogP contribution in [-0.4, -0.2) is 59.0 Å². The first-order chi connectivity index (χ1) is 13.5. The third kappa shape index (κ3) is 4.14. The summed E-state index contributed by atoms with van der Waals surface area (Å²) >= 11 is 0. The van der Waals surface area contributed by atoms with Crippen molar-refractivity contribution in [2.24, 2.45) is 5.92 Å². The van der Waals surface area contributed by atoms with Crippen molar-refractivity contribution in [1.82, 2.24) is 14.8 Å². The van der Waals surface area contributed by atoms with Crippen LogP contribution in [0.25, 0.3) is 10.9 Å². The molecule has 0 spiro atoms. The molecule has 2 saturated heterocycles.